The molecular weight excluding hydrogens is 467 g/mol. The second-order valence-electron chi connectivity index (χ2n) is 10.5. The van der Waals surface area contributed by atoms with Gasteiger partial charge in [0.05, 0.1) is 6.10 Å². The first-order chi connectivity index (χ1) is 16.5. The Bertz CT molecular complexity index is 471. The number of hydrogen-bond donors (Lipinski definition) is 0. The van der Waals surface area contributed by atoms with Gasteiger partial charge in [-0.3, -0.25) is 4.18 Å². The summed E-state index contributed by atoms with van der Waals surface area (Å²) in [5, 5.41) is 0. The van der Waals surface area contributed by atoms with Crippen LogP contribution in [0.3, 0.4) is 0 Å². The minimum atomic E-state index is -4.61. The van der Waals surface area contributed by atoms with E-state index in [1.54, 1.807) is 0 Å². The molecule has 0 saturated heterocycles. The standard InChI is InChI=1S/C29H60O4S.Na/c1-3-5-7-9-11-13-15-17-19-21-23-25-27-29(33-34(30,31)32)28-26-24-22-20-18-16-14-12-10-8-6-4-2;/h29H,3-28H2,1-2H3,(H,30,31,32);/q;+1/p-1. The van der Waals surface area contributed by atoms with E-state index in [1.165, 1.54) is 128 Å². The average molecular weight is 527 g/mol. The summed E-state index contributed by atoms with van der Waals surface area (Å²) in [6.45, 7) is 4.51. The molecule has 0 spiro atoms. The van der Waals surface area contributed by atoms with Crippen LogP contribution >= 0.6 is 0 Å². The first-order valence-electron chi connectivity index (χ1n) is 15.1. The van der Waals surface area contributed by atoms with E-state index in [4.69, 9.17) is 4.18 Å². The zero-order valence-electron chi connectivity index (χ0n) is 24.0. The van der Waals surface area contributed by atoms with Crippen LogP contribution in [0.1, 0.15) is 181 Å². The predicted molar refractivity (Wildman–Crippen MR) is 146 cm³/mol. The fourth-order valence-corrected chi connectivity index (χ4v) is 5.36. The molecule has 0 aliphatic carbocycles. The Morgan fingerprint density at radius 1 is 0.486 bits per heavy atom. The molecule has 0 fully saturated rings. The second kappa shape index (κ2) is 29.4. The maximum absolute atomic E-state index is 11.1. The van der Waals surface area contributed by atoms with Crippen LogP contribution in [0.4, 0.5) is 0 Å². The third-order valence-corrected chi connectivity index (χ3v) is 7.52. The van der Waals surface area contributed by atoms with E-state index in [9.17, 15) is 13.0 Å². The molecular formula is C29H59NaO4S. The van der Waals surface area contributed by atoms with Gasteiger partial charge in [0, 0.05) is 0 Å². The van der Waals surface area contributed by atoms with Crippen molar-refractivity contribution < 1.29 is 46.7 Å². The Labute approximate surface area is 242 Å². The number of unbranched alkanes of at least 4 members (excludes halogenated alkanes) is 22. The quantitative estimate of drug-likeness (QED) is 0.0475. The molecule has 0 unspecified atom stereocenters. The summed E-state index contributed by atoms with van der Waals surface area (Å²) in [4.78, 5) is 0. The molecule has 0 aliphatic heterocycles. The Hall–Kier alpha value is 0.870. The van der Waals surface area contributed by atoms with Crippen LogP contribution in [0.15, 0.2) is 0 Å². The molecule has 4 nitrogen and oxygen atoms in total. The largest absolute Gasteiger partial charge is 1.00 e. The van der Waals surface area contributed by atoms with Crippen LogP contribution in [0.5, 0.6) is 0 Å². The van der Waals surface area contributed by atoms with Crippen LogP contribution in [-0.4, -0.2) is 19.1 Å². The molecule has 0 aromatic rings. The number of rotatable bonds is 28. The van der Waals surface area contributed by atoms with Crippen molar-refractivity contribution in [3.05, 3.63) is 0 Å². The van der Waals surface area contributed by atoms with Gasteiger partial charge in [-0.2, -0.15) is 0 Å². The van der Waals surface area contributed by atoms with Gasteiger partial charge < -0.3 is 4.55 Å². The Morgan fingerprint density at radius 3 is 0.943 bits per heavy atom. The minimum absolute atomic E-state index is 0. The van der Waals surface area contributed by atoms with Crippen molar-refractivity contribution in [1.29, 1.82) is 0 Å². The molecule has 0 N–H and O–H groups in total. The SMILES string of the molecule is CCCCCCCCCCCCCCC(CCCCCCCCCCCCCC)OS(=O)(=O)[O-].[Na+]. The van der Waals surface area contributed by atoms with E-state index in [1.807, 2.05) is 0 Å². The van der Waals surface area contributed by atoms with Crippen LogP contribution in [0, 0.1) is 0 Å². The second-order valence-corrected chi connectivity index (χ2v) is 11.5. The van der Waals surface area contributed by atoms with Crippen molar-refractivity contribution in [3.63, 3.8) is 0 Å². The van der Waals surface area contributed by atoms with Crippen molar-refractivity contribution in [3.8, 4) is 0 Å². The molecule has 35 heavy (non-hydrogen) atoms. The van der Waals surface area contributed by atoms with E-state index < -0.39 is 16.5 Å². The van der Waals surface area contributed by atoms with Gasteiger partial charge in [-0.15, -0.1) is 0 Å². The summed E-state index contributed by atoms with van der Waals surface area (Å²) in [5.74, 6) is 0. The zero-order valence-corrected chi connectivity index (χ0v) is 26.8. The van der Waals surface area contributed by atoms with Gasteiger partial charge in [0.25, 0.3) is 0 Å². The van der Waals surface area contributed by atoms with Gasteiger partial charge in [-0.25, -0.2) is 8.42 Å². The molecule has 0 bridgehead atoms. The third kappa shape index (κ3) is 32.8. The van der Waals surface area contributed by atoms with E-state index in [0.29, 0.717) is 12.8 Å². The molecule has 0 aliphatic rings. The molecule has 0 radical (unpaired) electrons. The molecule has 0 aromatic heterocycles. The molecule has 0 heterocycles. The Kier molecular flexibility index (Phi) is 32.0. The molecule has 206 valence electrons. The Morgan fingerprint density at radius 2 is 0.714 bits per heavy atom. The molecule has 0 atom stereocenters. The summed E-state index contributed by atoms with van der Waals surface area (Å²) in [6, 6.07) is 0. The summed E-state index contributed by atoms with van der Waals surface area (Å²) >= 11 is 0. The maximum Gasteiger partial charge on any atom is 1.00 e. The van der Waals surface area contributed by atoms with Crippen LogP contribution in [0.2, 0.25) is 0 Å². The van der Waals surface area contributed by atoms with Crippen LogP contribution < -0.4 is 29.6 Å². The molecule has 0 amide bonds. The number of hydrogen-bond acceptors (Lipinski definition) is 4. The first kappa shape index (κ1) is 38.0. The summed E-state index contributed by atoms with van der Waals surface area (Å²) in [6.07, 6.45) is 31.7. The maximum atomic E-state index is 11.1. The van der Waals surface area contributed by atoms with Crippen molar-refractivity contribution >= 4 is 10.4 Å². The van der Waals surface area contributed by atoms with Gasteiger partial charge in [0.2, 0.25) is 10.4 Å². The van der Waals surface area contributed by atoms with E-state index >= 15 is 0 Å². The third-order valence-electron chi connectivity index (χ3n) is 7.01. The monoisotopic (exact) mass is 526 g/mol. The normalized spacial score (nSPS) is 11.8. The van der Waals surface area contributed by atoms with Crippen molar-refractivity contribution in [2.75, 3.05) is 0 Å². The van der Waals surface area contributed by atoms with Gasteiger partial charge >= 0.3 is 29.6 Å². The summed E-state index contributed by atoms with van der Waals surface area (Å²) < 4.78 is 38.2. The fraction of sp³-hybridized carbons (Fsp3) is 1.00. The summed E-state index contributed by atoms with van der Waals surface area (Å²) in [5.41, 5.74) is 0. The van der Waals surface area contributed by atoms with Crippen molar-refractivity contribution in [1.82, 2.24) is 0 Å². The Balaban J connectivity index is 0. The van der Waals surface area contributed by atoms with Crippen LogP contribution in [0.25, 0.3) is 0 Å². The van der Waals surface area contributed by atoms with Gasteiger partial charge in [0.1, 0.15) is 0 Å². The van der Waals surface area contributed by atoms with E-state index in [2.05, 4.69) is 13.8 Å². The molecule has 6 heteroatoms. The van der Waals surface area contributed by atoms with E-state index in [0.717, 1.165) is 25.7 Å². The van der Waals surface area contributed by atoms with Crippen LogP contribution in [-0.2, 0) is 14.6 Å². The molecule has 0 aromatic carbocycles. The van der Waals surface area contributed by atoms with Crippen molar-refractivity contribution in [2.45, 2.75) is 187 Å². The minimum Gasteiger partial charge on any atom is -0.726 e. The van der Waals surface area contributed by atoms with Gasteiger partial charge in [0.15, 0.2) is 0 Å². The van der Waals surface area contributed by atoms with Crippen molar-refractivity contribution in [2.24, 2.45) is 0 Å². The molecule has 0 rings (SSSR count). The zero-order chi connectivity index (χ0) is 25.2. The summed E-state index contributed by atoms with van der Waals surface area (Å²) in [7, 11) is -4.61. The topological polar surface area (TPSA) is 66.4 Å². The predicted octanol–water partition coefficient (Wildman–Crippen LogP) is 7.02. The average Bonchev–Trinajstić information content (AvgIpc) is 2.79. The van der Waals surface area contributed by atoms with Gasteiger partial charge in [-0.1, -0.05) is 168 Å². The van der Waals surface area contributed by atoms with Gasteiger partial charge in [-0.05, 0) is 12.8 Å². The molecule has 0 saturated carbocycles. The first-order valence-corrected chi connectivity index (χ1v) is 16.5. The smallest absolute Gasteiger partial charge is 0.726 e. The van der Waals surface area contributed by atoms with E-state index in [-0.39, 0.29) is 29.6 Å². The fourth-order valence-electron chi connectivity index (χ4n) is 4.83.